The molecule has 0 aromatic heterocycles. The predicted octanol–water partition coefficient (Wildman–Crippen LogP) is 2.61. The van der Waals surface area contributed by atoms with E-state index in [-0.39, 0.29) is 0 Å². The van der Waals surface area contributed by atoms with Crippen LogP contribution in [0.3, 0.4) is 0 Å². The van der Waals surface area contributed by atoms with Gasteiger partial charge >= 0.3 is 0 Å². The lowest BCUT2D eigenvalue weighted by molar-refractivity contribution is 0.185. The fraction of sp³-hybridized carbons (Fsp3) is 0.538. The van der Waals surface area contributed by atoms with Crippen molar-refractivity contribution in [2.24, 2.45) is 0 Å². The second-order valence-electron chi connectivity index (χ2n) is 4.46. The first-order valence-corrected chi connectivity index (χ1v) is 6.27. The Kier molecular flexibility index (Phi) is 3.85. The molecule has 0 radical (unpaired) electrons. The first-order chi connectivity index (χ1) is 7.68. The van der Waals surface area contributed by atoms with Crippen molar-refractivity contribution in [3.05, 3.63) is 34.3 Å². The summed E-state index contributed by atoms with van der Waals surface area (Å²) in [6, 6.07) is 6.68. The minimum absolute atomic E-state index is 0.486. The number of hydrogen-bond donors (Lipinski definition) is 1. The van der Waals surface area contributed by atoms with E-state index in [1.165, 1.54) is 11.1 Å². The zero-order chi connectivity index (χ0) is 11.5. The summed E-state index contributed by atoms with van der Waals surface area (Å²) < 4.78 is 0. The topological polar surface area (TPSA) is 15.3 Å². The minimum atomic E-state index is 0.486. The molecule has 0 saturated carbocycles. The molecule has 1 saturated heterocycles. The van der Waals surface area contributed by atoms with E-state index in [9.17, 15) is 0 Å². The molecule has 1 aliphatic heterocycles. The van der Waals surface area contributed by atoms with Gasteiger partial charge < -0.3 is 5.32 Å². The number of piperazine rings is 1. The first kappa shape index (κ1) is 11.9. The average Bonchev–Trinajstić information content (AvgIpc) is 2.29. The Morgan fingerprint density at radius 3 is 2.62 bits per heavy atom. The standard InChI is InChI=1S/C13H19ClN2/c1-10-9-12(14)3-4-13(10)11(2)16-7-5-15-6-8-16/h3-4,9,11,15H,5-8H2,1-2H3/t11-/m0/s1. The summed E-state index contributed by atoms with van der Waals surface area (Å²) in [4.78, 5) is 2.52. The average molecular weight is 239 g/mol. The Morgan fingerprint density at radius 2 is 2.00 bits per heavy atom. The minimum Gasteiger partial charge on any atom is -0.314 e. The van der Waals surface area contributed by atoms with Crippen molar-refractivity contribution in [2.75, 3.05) is 26.2 Å². The highest BCUT2D eigenvalue weighted by Gasteiger charge is 2.18. The van der Waals surface area contributed by atoms with Crippen LogP contribution >= 0.6 is 11.6 Å². The number of benzene rings is 1. The van der Waals surface area contributed by atoms with Crippen LogP contribution in [0.4, 0.5) is 0 Å². The summed E-state index contributed by atoms with van der Waals surface area (Å²) >= 11 is 5.98. The lowest BCUT2D eigenvalue weighted by atomic mass is 10.0. The summed E-state index contributed by atoms with van der Waals surface area (Å²) in [6.07, 6.45) is 0. The summed E-state index contributed by atoms with van der Waals surface area (Å²) in [7, 11) is 0. The van der Waals surface area contributed by atoms with Crippen LogP contribution in [0.2, 0.25) is 5.02 Å². The van der Waals surface area contributed by atoms with E-state index in [4.69, 9.17) is 11.6 Å². The second kappa shape index (κ2) is 5.17. The quantitative estimate of drug-likeness (QED) is 0.852. The molecule has 1 atom stereocenters. The molecule has 1 N–H and O–H groups in total. The van der Waals surface area contributed by atoms with Crippen LogP contribution in [0.25, 0.3) is 0 Å². The largest absolute Gasteiger partial charge is 0.314 e. The van der Waals surface area contributed by atoms with Crippen molar-refractivity contribution in [3.8, 4) is 0 Å². The molecule has 16 heavy (non-hydrogen) atoms. The summed E-state index contributed by atoms with van der Waals surface area (Å²) in [5.41, 5.74) is 2.69. The second-order valence-corrected chi connectivity index (χ2v) is 4.90. The molecule has 0 aliphatic carbocycles. The van der Waals surface area contributed by atoms with Gasteiger partial charge in [0, 0.05) is 37.2 Å². The highest BCUT2D eigenvalue weighted by Crippen LogP contribution is 2.25. The van der Waals surface area contributed by atoms with E-state index in [1.807, 2.05) is 6.07 Å². The summed E-state index contributed by atoms with van der Waals surface area (Å²) in [5.74, 6) is 0. The van der Waals surface area contributed by atoms with Gasteiger partial charge in [-0.25, -0.2) is 0 Å². The first-order valence-electron chi connectivity index (χ1n) is 5.89. The Hall–Kier alpha value is -0.570. The van der Waals surface area contributed by atoms with Gasteiger partial charge in [-0.15, -0.1) is 0 Å². The maximum atomic E-state index is 5.98. The monoisotopic (exact) mass is 238 g/mol. The van der Waals surface area contributed by atoms with E-state index in [0.717, 1.165) is 31.2 Å². The lowest BCUT2D eigenvalue weighted by Crippen LogP contribution is -2.44. The molecular formula is C13H19ClN2. The van der Waals surface area contributed by atoms with Gasteiger partial charge in [0.2, 0.25) is 0 Å². The number of nitrogens with zero attached hydrogens (tertiary/aromatic N) is 1. The van der Waals surface area contributed by atoms with Gasteiger partial charge in [0.15, 0.2) is 0 Å². The van der Waals surface area contributed by atoms with Crippen LogP contribution in [0, 0.1) is 6.92 Å². The van der Waals surface area contributed by atoms with Gasteiger partial charge in [-0.1, -0.05) is 17.7 Å². The van der Waals surface area contributed by atoms with Crippen molar-refractivity contribution in [1.82, 2.24) is 10.2 Å². The van der Waals surface area contributed by atoms with E-state index in [2.05, 4.69) is 36.2 Å². The van der Waals surface area contributed by atoms with E-state index in [0.29, 0.717) is 6.04 Å². The number of aryl methyl sites for hydroxylation is 1. The zero-order valence-electron chi connectivity index (χ0n) is 9.96. The van der Waals surface area contributed by atoms with Crippen LogP contribution in [0.15, 0.2) is 18.2 Å². The van der Waals surface area contributed by atoms with Gasteiger partial charge in [-0.3, -0.25) is 4.90 Å². The molecule has 1 aliphatic rings. The van der Waals surface area contributed by atoms with Crippen molar-refractivity contribution in [1.29, 1.82) is 0 Å². The number of halogens is 1. The van der Waals surface area contributed by atoms with Gasteiger partial charge in [0.25, 0.3) is 0 Å². The van der Waals surface area contributed by atoms with Crippen molar-refractivity contribution in [2.45, 2.75) is 19.9 Å². The molecule has 1 heterocycles. The molecule has 2 nitrogen and oxygen atoms in total. The van der Waals surface area contributed by atoms with E-state index < -0.39 is 0 Å². The molecule has 3 heteroatoms. The molecule has 88 valence electrons. The fourth-order valence-electron chi connectivity index (χ4n) is 2.37. The molecule has 0 unspecified atom stereocenters. The number of nitrogens with one attached hydrogen (secondary N) is 1. The smallest absolute Gasteiger partial charge is 0.0408 e. The van der Waals surface area contributed by atoms with Crippen LogP contribution in [0.5, 0.6) is 0 Å². The Bertz CT molecular complexity index is 359. The third kappa shape index (κ3) is 2.57. The van der Waals surface area contributed by atoms with Crippen molar-refractivity contribution >= 4 is 11.6 Å². The summed E-state index contributed by atoms with van der Waals surface area (Å²) in [6.45, 7) is 8.86. The number of rotatable bonds is 2. The van der Waals surface area contributed by atoms with Gasteiger partial charge in [-0.2, -0.15) is 0 Å². The highest BCUT2D eigenvalue weighted by atomic mass is 35.5. The highest BCUT2D eigenvalue weighted by molar-refractivity contribution is 6.30. The molecule has 0 bridgehead atoms. The Morgan fingerprint density at radius 1 is 1.31 bits per heavy atom. The van der Waals surface area contributed by atoms with E-state index >= 15 is 0 Å². The maximum Gasteiger partial charge on any atom is 0.0408 e. The molecule has 1 aromatic rings. The molecule has 1 aromatic carbocycles. The molecule has 0 amide bonds. The Balaban J connectivity index is 2.15. The van der Waals surface area contributed by atoms with Crippen molar-refractivity contribution in [3.63, 3.8) is 0 Å². The molecule has 0 spiro atoms. The SMILES string of the molecule is Cc1cc(Cl)ccc1[C@H](C)N1CCNCC1. The van der Waals surface area contributed by atoms with Gasteiger partial charge in [-0.05, 0) is 37.1 Å². The van der Waals surface area contributed by atoms with Crippen LogP contribution < -0.4 is 5.32 Å². The van der Waals surface area contributed by atoms with Crippen LogP contribution in [-0.2, 0) is 0 Å². The predicted molar refractivity (Wildman–Crippen MR) is 69.0 cm³/mol. The number of hydrogen-bond acceptors (Lipinski definition) is 2. The third-order valence-corrected chi connectivity index (χ3v) is 3.62. The van der Waals surface area contributed by atoms with Crippen LogP contribution in [0.1, 0.15) is 24.1 Å². The lowest BCUT2D eigenvalue weighted by Gasteiger charge is -2.33. The molecule has 1 fully saturated rings. The van der Waals surface area contributed by atoms with Crippen LogP contribution in [-0.4, -0.2) is 31.1 Å². The maximum absolute atomic E-state index is 5.98. The van der Waals surface area contributed by atoms with Crippen molar-refractivity contribution < 1.29 is 0 Å². The summed E-state index contributed by atoms with van der Waals surface area (Å²) in [5, 5.41) is 4.21. The molecular weight excluding hydrogens is 220 g/mol. The molecule has 2 rings (SSSR count). The normalized spacial score (nSPS) is 19.7. The van der Waals surface area contributed by atoms with E-state index in [1.54, 1.807) is 0 Å². The zero-order valence-corrected chi connectivity index (χ0v) is 10.7. The van der Waals surface area contributed by atoms with Gasteiger partial charge in [0.1, 0.15) is 0 Å². The third-order valence-electron chi connectivity index (χ3n) is 3.38. The fourth-order valence-corrected chi connectivity index (χ4v) is 2.60. The van der Waals surface area contributed by atoms with Gasteiger partial charge in [0.05, 0.1) is 0 Å². The Labute approximate surface area is 103 Å².